The minimum absolute atomic E-state index is 0.0795. The molecule has 2 amide bonds. The van der Waals surface area contributed by atoms with Crippen LogP contribution in [0.25, 0.3) is 10.8 Å². The van der Waals surface area contributed by atoms with Crippen molar-refractivity contribution in [1.82, 2.24) is 14.5 Å². The van der Waals surface area contributed by atoms with Crippen LogP contribution in [0.5, 0.6) is 0 Å². The summed E-state index contributed by atoms with van der Waals surface area (Å²) in [4.78, 5) is 28.6. The number of carbonyl (C=O) groups excluding carboxylic acids is 2. The lowest BCUT2D eigenvalue weighted by molar-refractivity contribution is -0.142. The van der Waals surface area contributed by atoms with Crippen LogP contribution in [-0.4, -0.2) is 61.7 Å². The smallest absolute Gasteiger partial charge is 0.245 e. The molecule has 2 aromatic rings. The number of hydrogen-bond acceptors (Lipinski definition) is 4. The standard InChI is InChI=1S/C21H22ClN3O4S/c1-14(20(26)24-9-2-3-10-24)25-11-8-19(21(25)27)23-30(28,29)18-7-5-15-12-17(22)6-4-16(15)13-18/h2-7,12-14,19,23H,8-11H2,1H3/t14-,19-/m0/s1. The predicted molar refractivity (Wildman–Crippen MR) is 115 cm³/mol. The molecule has 0 bridgehead atoms. The number of likely N-dealkylation sites (tertiary alicyclic amines) is 1. The molecule has 0 aromatic heterocycles. The molecule has 30 heavy (non-hydrogen) atoms. The van der Waals surface area contributed by atoms with E-state index in [1.807, 2.05) is 12.2 Å². The summed E-state index contributed by atoms with van der Waals surface area (Å²) in [7, 11) is -3.90. The van der Waals surface area contributed by atoms with Gasteiger partial charge in [0.15, 0.2) is 0 Å². The van der Waals surface area contributed by atoms with E-state index in [9.17, 15) is 18.0 Å². The van der Waals surface area contributed by atoms with Gasteiger partial charge < -0.3 is 9.80 Å². The number of rotatable bonds is 5. The van der Waals surface area contributed by atoms with Gasteiger partial charge >= 0.3 is 0 Å². The van der Waals surface area contributed by atoms with Crippen LogP contribution in [0.4, 0.5) is 0 Å². The number of fused-ring (bicyclic) bond motifs is 1. The molecule has 1 N–H and O–H groups in total. The molecule has 0 unspecified atom stereocenters. The molecule has 2 aliphatic rings. The lowest BCUT2D eigenvalue weighted by Crippen LogP contribution is -2.49. The molecule has 0 radical (unpaired) electrons. The SMILES string of the molecule is C[C@@H](C(=O)N1CC=CC1)N1CC[C@H](NS(=O)(=O)c2ccc3cc(Cl)ccc3c2)C1=O. The molecule has 2 atom stereocenters. The quantitative estimate of drug-likeness (QED) is 0.711. The first kappa shape index (κ1) is 20.8. The van der Waals surface area contributed by atoms with E-state index in [0.29, 0.717) is 31.1 Å². The topological polar surface area (TPSA) is 86.8 Å². The molecule has 1 fully saturated rings. The van der Waals surface area contributed by atoms with Crippen LogP contribution in [0.1, 0.15) is 13.3 Å². The normalized spacial score (nSPS) is 20.3. The lowest BCUT2D eigenvalue weighted by atomic mass is 10.1. The van der Waals surface area contributed by atoms with Crippen LogP contribution < -0.4 is 4.72 Å². The van der Waals surface area contributed by atoms with E-state index in [0.717, 1.165) is 10.8 Å². The van der Waals surface area contributed by atoms with Gasteiger partial charge in [-0.3, -0.25) is 9.59 Å². The molecular weight excluding hydrogens is 426 g/mol. The van der Waals surface area contributed by atoms with Crippen molar-refractivity contribution in [3.8, 4) is 0 Å². The van der Waals surface area contributed by atoms with E-state index in [4.69, 9.17) is 11.6 Å². The van der Waals surface area contributed by atoms with Crippen LogP contribution in [0, 0.1) is 0 Å². The van der Waals surface area contributed by atoms with Crippen molar-refractivity contribution in [2.45, 2.75) is 30.3 Å². The van der Waals surface area contributed by atoms with Crippen molar-refractivity contribution in [1.29, 1.82) is 0 Å². The first-order valence-corrected chi connectivity index (χ1v) is 11.6. The molecule has 0 spiro atoms. The van der Waals surface area contributed by atoms with Gasteiger partial charge in [0.25, 0.3) is 0 Å². The predicted octanol–water partition coefficient (Wildman–Crippen LogP) is 2.16. The molecule has 0 aliphatic carbocycles. The number of sulfonamides is 1. The van der Waals surface area contributed by atoms with Crippen LogP contribution in [-0.2, 0) is 19.6 Å². The Hall–Kier alpha value is -2.42. The fraction of sp³-hybridized carbons (Fsp3) is 0.333. The van der Waals surface area contributed by atoms with Crippen LogP contribution in [0.2, 0.25) is 5.02 Å². The van der Waals surface area contributed by atoms with Crippen molar-refractivity contribution in [2.75, 3.05) is 19.6 Å². The Morgan fingerprint density at radius 3 is 2.53 bits per heavy atom. The summed E-state index contributed by atoms with van der Waals surface area (Å²) in [5.41, 5.74) is 0. The average molecular weight is 448 g/mol. The summed E-state index contributed by atoms with van der Waals surface area (Å²) >= 11 is 5.98. The van der Waals surface area contributed by atoms with Crippen molar-refractivity contribution in [3.05, 3.63) is 53.6 Å². The van der Waals surface area contributed by atoms with Gasteiger partial charge in [-0.2, -0.15) is 4.72 Å². The molecule has 4 rings (SSSR count). The highest BCUT2D eigenvalue weighted by Gasteiger charge is 2.40. The molecule has 2 aliphatic heterocycles. The summed E-state index contributed by atoms with van der Waals surface area (Å²) in [5, 5.41) is 2.13. The second-order valence-electron chi connectivity index (χ2n) is 7.54. The fourth-order valence-corrected chi connectivity index (χ4v) is 5.31. The third-order valence-electron chi connectivity index (χ3n) is 5.58. The summed E-state index contributed by atoms with van der Waals surface area (Å²) in [6.07, 6.45) is 4.13. The summed E-state index contributed by atoms with van der Waals surface area (Å²) in [6.45, 7) is 3.09. The Kier molecular flexibility index (Phi) is 5.57. The largest absolute Gasteiger partial charge is 0.333 e. The Balaban J connectivity index is 1.48. The second-order valence-corrected chi connectivity index (χ2v) is 9.69. The minimum atomic E-state index is -3.90. The number of benzene rings is 2. The summed E-state index contributed by atoms with van der Waals surface area (Å²) < 4.78 is 28.3. The zero-order valence-electron chi connectivity index (χ0n) is 16.4. The number of halogens is 1. The molecule has 7 nitrogen and oxygen atoms in total. The van der Waals surface area contributed by atoms with Gasteiger partial charge in [-0.15, -0.1) is 0 Å². The van der Waals surface area contributed by atoms with Crippen LogP contribution in [0.3, 0.4) is 0 Å². The molecule has 9 heteroatoms. The van der Waals surface area contributed by atoms with E-state index in [1.165, 1.54) is 11.0 Å². The number of hydrogen-bond donors (Lipinski definition) is 1. The van der Waals surface area contributed by atoms with E-state index in [-0.39, 0.29) is 16.7 Å². The molecular formula is C21H22ClN3O4S. The van der Waals surface area contributed by atoms with Gasteiger partial charge in [0.05, 0.1) is 4.90 Å². The molecule has 2 aromatic carbocycles. The highest BCUT2D eigenvalue weighted by atomic mass is 35.5. The van der Waals surface area contributed by atoms with Crippen molar-refractivity contribution in [3.63, 3.8) is 0 Å². The first-order chi connectivity index (χ1) is 14.3. The number of carbonyl (C=O) groups is 2. The van der Waals surface area contributed by atoms with Gasteiger partial charge in [-0.05, 0) is 48.4 Å². The van der Waals surface area contributed by atoms with Crippen molar-refractivity contribution >= 4 is 44.2 Å². The summed E-state index contributed by atoms with van der Waals surface area (Å²) in [6, 6.07) is 8.42. The van der Waals surface area contributed by atoms with Gasteiger partial charge in [0, 0.05) is 24.7 Å². The Labute approximate surface area is 180 Å². The average Bonchev–Trinajstić information content (AvgIpc) is 3.37. The Morgan fingerprint density at radius 1 is 1.13 bits per heavy atom. The lowest BCUT2D eigenvalue weighted by Gasteiger charge is -2.28. The number of amides is 2. The van der Waals surface area contributed by atoms with Gasteiger partial charge in [-0.25, -0.2) is 8.42 Å². The maximum absolute atomic E-state index is 12.9. The number of nitrogens with zero attached hydrogens (tertiary/aromatic N) is 2. The zero-order chi connectivity index (χ0) is 21.5. The van der Waals surface area contributed by atoms with E-state index in [1.54, 1.807) is 42.2 Å². The highest BCUT2D eigenvalue weighted by molar-refractivity contribution is 7.89. The third-order valence-corrected chi connectivity index (χ3v) is 7.28. The van der Waals surface area contributed by atoms with Gasteiger partial charge in [0.1, 0.15) is 12.1 Å². The molecule has 1 saturated heterocycles. The second kappa shape index (κ2) is 8.02. The van der Waals surface area contributed by atoms with E-state index < -0.39 is 22.1 Å². The van der Waals surface area contributed by atoms with Crippen LogP contribution in [0.15, 0.2) is 53.4 Å². The van der Waals surface area contributed by atoms with Crippen LogP contribution >= 0.6 is 11.6 Å². The number of nitrogens with one attached hydrogen (secondary N) is 1. The maximum atomic E-state index is 12.9. The van der Waals surface area contributed by atoms with Crippen molar-refractivity contribution < 1.29 is 18.0 Å². The zero-order valence-corrected chi connectivity index (χ0v) is 18.0. The van der Waals surface area contributed by atoms with E-state index >= 15 is 0 Å². The third kappa shape index (κ3) is 3.95. The first-order valence-electron chi connectivity index (χ1n) is 9.72. The molecule has 158 valence electrons. The molecule has 0 saturated carbocycles. The summed E-state index contributed by atoms with van der Waals surface area (Å²) in [5.74, 6) is -0.510. The van der Waals surface area contributed by atoms with Crippen molar-refractivity contribution in [2.24, 2.45) is 0 Å². The molecule has 2 heterocycles. The van der Waals surface area contributed by atoms with E-state index in [2.05, 4.69) is 4.72 Å². The Morgan fingerprint density at radius 2 is 1.80 bits per heavy atom. The fourth-order valence-electron chi connectivity index (χ4n) is 3.87. The highest BCUT2D eigenvalue weighted by Crippen LogP contribution is 2.24. The minimum Gasteiger partial charge on any atom is -0.333 e. The Bertz CT molecular complexity index is 1140. The monoisotopic (exact) mass is 447 g/mol. The van der Waals surface area contributed by atoms with Gasteiger partial charge in [0.2, 0.25) is 21.8 Å². The van der Waals surface area contributed by atoms with Gasteiger partial charge in [-0.1, -0.05) is 35.9 Å². The maximum Gasteiger partial charge on any atom is 0.245 e.